The standard InChI is InChI=1S/C28H30N4O5S2/c1-4-37-22-11-14-24-25(17-22)30-28(29-24)38-18-26(33)31-15-16-32(27(31)20-7-9-21(36-3)10-8-20)39(34,35)23-12-5-19(2)6-13-23/h5-14,17,27H,4,15-16,18H2,1-3H3,(H,29,30)/t27-/m1/s1. The van der Waals surface area contributed by atoms with Gasteiger partial charge in [-0.15, -0.1) is 0 Å². The maximum atomic E-state index is 13.7. The van der Waals surface area contributed by atoms with Crippen LogP contribution in [0, 0.1) is 6.92 Å². The Morgan fingerprint density at radius 2 is 1.77 bits per heavy atom. The number of imidazole rings is 1. The molecule has 9 nitrogen and oxygen atoms in total. The number of carbonyl (C=O) groups excluding carboxylic acids is 1. The molecule has 1 aliphatic heterocycles. The summed E-state index contributed by atoms with van der Waals surface area (Å²) in [6.07, 6.45) is -0.778. The Balaban J connectivity index is 1.39. The number of methoxy groups -OCH3 is 1. The van der Waals surface area contributed by atoms with Gasteiger partial charge < -0.3 is 19.4 Å². The Morgan fingerprint density at radius 1 is 1.05 bits per heavy atom. The lowest BCUT2D eigenvalue weighted by atomic mass is 10.1. The van der Waals surface area contributed by atoms with E-state index in [4.69, 9.17) is 9.47 Å². The fourth-order valence-electron chi connectivity index (χ4n) is 4.59. The number of amides is 1. The second-order valence-electron chi connectivity index (χ2n) is 9.11. The smallest absolute Gasteiger partial charge is 0.245 e. The Morgan fingerprint density at radius 3 is 2.46 bits per heavy atom. The zero-order chi connectivity index (χ0) is 27.6. The van der Waals surface area contributed by atoms with Crippen molar-refractivity contribution in [2.75, 3.05) is 32.6 Å². The number of nitrogens with one attached hydrogen (secondary N) is 1. The zero-order valence-corrected chi connectivity index (χ0v) is 23.6. The van der Waals surface area contributed by atoms with Gasteiger partial charge in [-0.05, 0) is 55.8 Å². The first-order chi connectivity index (χ1) is 18.8. The summed E-state index contributed by atoms with van der Waals surface area (Å²) in [6, 6.07) is 19.5. The van der Waals surface area contributed by atoms with Crippen molar-refractivity contribution in [1.29, 1.82) is 0 Å². The largest absolute Gasteiger partial charge is 0.497 e. The SMILES string of the molecule is CCOc1ccc2nc(SCC(=O)N3CCN(S(=O)(=O)c4ccc(C)cc4)[C@@H]3c3ccc(OC)cc3)[nH]c2c1. The Hall–Kier alpha value is -3.54. The molecule has 0 aliphatic carbocycles. The van der Waals surface area contributed by atoms with Gasteiger partial charge in [0.15, 0.2) is 5.16 Å². The van der Waals surface area contributed by atoms with E-state index in [0.29, 0.717) is 23.1 Å². The minimum absolute atomic E-state index is 0.100. The summed E-state index contributed by atoms with van der Waals surface area (Å²) >= 11 is 1.28. The van der Waals surface area contributed by atoms with Crippen LogP contribution in [0.1, 0.15) is 24.2 Å². The van der Waals surface area contributed by atoms with Crippen LogP contribution in [0.5, 0.6) is 11.5 Å². The molecule has 11 heteroatoms. The molecule has 0 radical (unpaired) electrons. The minimum atomic E-state index is -3.86. The number of fused-ring (bicyclic) bond motifs is 1. The number of aromatic nitrogens is 2. The third kappa shape index (κ3) is 5.61. The average Bonchev–Trinajstić information content (AvgIpc) is 3.57. The molecule has 39 heavy (non-hydrogen) atoms. The van der Waals surface area contributed by atoms with E-state index in [2.05, 4.69) is 9.97 Å². The highest BCUT2D eigenvalue weighted by Gasteiger charge is 2.43. The van der Waals surface area contributed by atoms with Crippen molar-refractivity contribution in [3.05, 3.63) is 77.9 Å². The second-order valence-corrected chi connectivity index (χ2v) is 12.0. The maximum Gasteiger partial charge on any atom is 0.245 e. The molecule has 4 aromatic rings. The predicted molar refractivity (Wildman–Crippen MR) is 151 cm³/mol. The quantitative estimate of drug-likeness (QED) is 0.295. The normalized spacial score (nSPS) is 16.1. The van der Waals surface area contributed by atoms with Gasteiger partial charge in [0.05, 0.1) is 35.4 Å². The van der Waals surface area contributed by atoms with Gasteiger partial charge in [-0.1, -0.05) is 41.6 Å². The highest BCUT2D eigenvalue weighted by atomic mass is 32.2. The number of aryl methyl sites for hydroxylation is 1. The number of ether oxygens (including phenoxy) is 2. The number of benzene rings is 3. The van der Waals surface area contributed by atoms with E-state index in [1.165, 1.54) is 16.1 Å². The number of sulfonamides is 1. The van der Waals surface area contributed by atoms with Crippen LogP contribution in [0.15, 0.2) is 76.8 Å². The number of hydrogen-bond donors (Lipinski definition) is 1. The molecule has 1 aromatic heterocycles. The van der Waals surface area contributed by atoms with Crippen LogP contribution in [-0.2, 0) is 14.8 Å². The fraction of sp³-hybridized carbons (Fsp3) is 0.286. The number of thioether (sulfide) groups is 1. The number of hydrogen-bond acceptors (Lipinski definition) is 7. The number of nitrogens with zero attached hydrogens (tertiary/aromatic N) is 3. The van der Waals surface area contributed by atoms with Crippen LogP contribution in [0.3, 0.4) is 0 Å². The molecule has 3 aromatic carbocycles. The lowest BCUT2D eigenvalue weighted by molar-refractivity contribution is -0.130. The van der Waals surface area contributed by atoms with Gasteiger partial charge in [-0.3, -0.25) is 4.79 Å². The molecule has 204 valence electrons. The fourth-order valence-corrected chi connectivity index (χ4v) is 6.93. The molecule has 1 N–H and O–H groups in total. The summed E-state index contributed by atoms with van der Waals surface area (Å²) in [5.74, 6) is 1.31. The molecule has 1 aliphatic rings. The number of H-pyrrole nitrogens is 1. The maximum absolute atomic E-state index is 13.7. The van der Waals surface area contributed by atoms with E-state index < -0.39 is 16.2 Å². The van der Waals surface area contributed by atoms with Crippen molar-refractivity contribution in [2.45, 2.75) is 30.1 Å². The van der Waals surface area contributed by atoms with Gasteiger partial charge in [0.1, 0.15) is 17.7 Å². The molecule has 0 bridgehead atoms. The summed E-state index contributed by atoms with van der Waals surface area (Å²) in [5, 5.41) is 0.608. The molecule has 1 atom stereocenters. The molecule has 2 heterocycles. The average molecular weight is 567 g/mol. The van der Waals surface area contributed by atoms with E-state index >= 15 is 0 Å². The first kappa shape index (κ1) is 27.0. The first-order valence-electron chi connectivity index (χ1n) is 12.6. The lowest BCUT2D eigenvalue weighted by Crippen LogP contribution is -2.38. The van der Waals surface area contributed by atoms with Crippen molar-refractivity contribution in [2.24, 2.45) is 0 Å². The van der Waals surface area contributed by atoms with Crippen LogP contribution in [0.4, 0.5) is 0 Å². The third-order valence-corrected chi connectivity index (χ3v) is 9.29. The van der Waals surface area contributed by atoms with Crippen LogP contribution < -0.4 is 9.47 Å². The van der Waals surface area contributed by atoms with Crippen LogP contribution in [-0.4, -0.2) is 66.1 Å². The monoisotopic (exact) mass is 566 g/mol. The number of aromatic amines is 1. The van der Waals surface area contributed by atoms with E-state index in [0.717, 1.165) is 22.3 Å². The highest BCUT2D eigenvalue weighted by molar-refractivity contribution is 7.99. The lowest BCUT2D eigenvalue weighted by Gasteiger charge is -2.30. The molecule has 1 fully saturated rings. The predicted octanol–water partition coefficient (Wildman–Crippen LogP) is 4.60. The van der Waals surface area contributed by atoms with E-state index in [-0.39, 0.29) is 29.6 Å². The molecular formula is C28H30N4O5S2. The Bertz CT molecular complexity index is 1570. The summed E-state index contributed by atoms with van der Waals surface area (Å²) in [4.78, 5) is 23.2. The zero-order valence-electron chi connectivity index (χ0n) is 22.0. The number of rotatable bonds is 9. The van der Waals surface area contributed by atoms with Crippen molar-refractivity contribution >= 4 is 38.7 Å². The first-order valence-corrected chi connectivity index (χ1v) is 15.0. The molecule has 1 saturated heterocycles. The van der Waals surface area contributed by atoms with Gasteiger partial charge >= 0.3 is 0 Å². The minimum Gasteiger partial charge on any atom is -0.497 e. The van der Waals surface area contributed by atoms with Gasteiger partial charge in [-0.2, -0.15) is 4.31 Å². The molecule has 1 amide bonds. The van der Waals surface area contributed by atoms with Crippen molar-refractivity contribution in [1.82, 2.24) is 19.2 Å². The molecule has 5 rings (SSSR count). The van der Waals surface area contributed by atoms with Gasteiger partial charge in [0.2, 0.25) is 15.9 Å². The van der Waals surface area contributed by atoms with Crippen LogP contribution >= 0.6 is 11.8 Å². The summed E-state index contributed by atoms with van der Waals surface area (Å²) in [7, 11) is -2.29. The molecule has 0 spiro atoms. The van der Waals surface area contributed by atoms with E-state index in [1.807, 2.05) is 32.0 Å². The van der Waals surface area contributed by atoms with E-state index in [9.17, 15) is 13.2 Å². The van der Waals surface area contributed by atoms with Crippen molar-refractivity contribution in [3.63, 3.8) is 0 Å². The van der Waals surface area contributed by atoms with Crippen LogP contribution in [0.2, 0.25) is 0 Å². The second kappa shape index (κ2) is 11.3. The van der Waals surface area contributed by atoms with Gasteiger partial charge in [-0.25, -0.2) is 13.4 Å². The van der Waals surface area contributed by atoms with Gasteiger partial charge in [0, 0.05) is 19.2 Å². The van der Waals surface area contributed by atoms with Crippen LogP contribution in [0.25, 0.3) is 11.0 Å². The van der Waals surface area contributed by atoms with E-state index in [1.54, 1.807) is 60.5 Å². The van der Waals surface area contributed by atoms with Crippen molar-refractivity contribution < 1.29 is 22.7 Å². The number of carbonyl (C=O) groups is 1. The Kier molecular flexibility index (Phi) is 7.83. The molecule has 0 unspecified atom stereocenters. The molecular weight excluding hydrogens is 536 g/mol. The summed E-state index contributed by atoms with van der Waals surface area (Å²) in [6.45, 7) is 4.87. The summed E-state index contributed by atoms with van der Waals surface area (Å²) in [5.41, 5.74) is 3.26. The van der Waals surface area contributed by atoms with Gasteiger partial charge in [0.25, 0.3) is 0 Å². The molecule has 0 saturated carbocycles. The topological polar surface area (TPSA) is 105 Å². The highest BCUT2D eigenvalue weighted by Crippen LogP contribution is 2.36. The summed E-state index contributed by atoms with van der Waals surface area (Å²) < 4.78 is 39.6. The van der Waals surface area contributed by atoms with Crippen molar-refractivity contribution in [3.8, 4) is 11.5 Å². The third-order valence-electron chi connectivity index (χ3n) is 6.57. The Labute approximate surface area is 232 Å².